The van der Waals surface area contributed by atoms with E-state index in [-0.39, 0.29) is 0 Å². The minimum atomic E-state index is 1.03. The van der Waals surface area contributed by atoms with Crippen LogP contribution in [0.4, 0.5) is 0 Å². The highest BCUT2D eigenvalue weighted by atomic mass is 127. The number of rotatable bonds is 3. The van der Waals surface area contributed by atoms with Gasteiger partial charge in [0, 0.05) is 9.96 Å². The molecule has 64 valence electrons. The first kappa shape index (κ1) is 10.1. The zero-order valence-electron chi connectivity index (χ0n) is 6.83. The Morgan fingerprint density at radius 1 is 1.67 bits per heavy atom. The second-order valence-electron chi connectivity index (χ2n) is 2.34. The van der Waals surface area contributed by atoms with E-state index in [1.807, 2.05) is 18.3 Å². The highest BCUT2D eigenvalue weighted by Crippen LogP contribution is 2.09. The van der Waals surface area contributed by atoms with Gasteiger partial charge in [-0.15, -0.1) is 11.8 Å². The van der Waals surface area contributed by atoms with Crippen molar-refractivity contribution in [3.05, 3.63) is 35.0 Å². The monoisotopic (exact) mass is 291 g/mol. The SMILES string of the molecule is Cc1ccnc(/C=C/SCI)c1. The molecule has 1 aromatic heterocycles. The molecule has 0 saturated heterocycles. The summed E-state index contributed by atoms with van der Waals surface area (Å²) in [5.41, 5.74) is 2.29. The van der Waals surface area contributed by atoms with Crippen molar-refractivity contribution in [1.29, 1.82) is 0 Å². The third-order valence-corrected chi connectivity index (χ3v) is 2.87. The van der Waals surface area contributed by atoms with E-state index in [1.165, 1.54) is 5.56 Å². The third-order valence-electron chi connectivity index (χ3n) is 1.33. The van der Waals surface area contributed by atoms with E-state index >= 15 is 0 Å². The highest BCUT2D eigenvalue weighted by molar-refractivity contribution is 14.1. The lowest BCUT2D eigenvalue weighted by atomic mass is 10.2. The first-order valence-corrected chi connectivity index (χ1v) is 6.17. The van der Waals surface area contributed by atoms with Gasteiger partial charge >= 0.3 is 0 Å². The lowest BCUT2D eigenvalue weighted by molar-refractivity contribution is 1.26. The average Bonchev–Trinajstić information content (AvgIpc) is 2.05. The van der Waals surface area contributed by atoms with Gasteiger partial charge in [-0.3, -0.25) is 4.98 Å². The van der Waals surface area contributed by atoms with E-state index in [9.17, 15) is 0 Å². The zero-order chi connectivity index (χ0) is 8.81. The zero-order valence-corrected chi connectivity index (χ0v) is 9.80. The molecular weight excluding hydrogens is 281 g/mol. The van der Waals surface area contributed by atoms with Crippen LogP contribution in [0.2, 0.25) is 0 Å². The molecule has 0 radical (unpaired) electrons. The maximum absolute atomic E-state index is 4.21. The molecular formula is C9H10INS. The first-order valence-electron chi connectivity index (χ1n) is 3.59. The Morgan fingerprint density at radius 3 is 3.17 bits per heavy atom. The molecule has 0 bridgehead atoms. The van der Waals surface area contributed by atoms with Gasteiger partial charge in [0.1, 0.15) is 0 Å². The Morgan fingerprint density at radius 2 is 2.50 bits per heavy atom. The number of hydrogen-bond acceptors (Lipinski definition) is 2. The predicted molar refractivity (Wildman–Crippen MR) is 64.5 cm³/mol. The fourth-order valence-electron chi connectivity index (χ4n) is 0.805. The molecule has 0 aromatic carbocycles. The number of hydrogen-bond donors (Lipinski definition) is 0. The molecule has 1 nitrogen and oxygen atoms in total. The summed E-state index contributed by atoms with van der Waals surface area (Å²) in [6, 6.07) is 4.08. The molecule has 12 heavy (non-hydrogen) atoms. The summed E-state index contributed by atoms with van der Waals surface area (Å²) in [5.74, 6) is 0. The molecule has 1 rings (SSSR count). The number of aromatic nitrogens is 1. The maximum atomic E-state index is 4.21. The van der Waals surface area contributed by atoms with Crippen LogP contribution >= 0.6 is 34.4 Å². The van der Waals surface area contributed by atoms with Crippen molar-refractivity contribution in [2.24, 2.45) is 0 Å². The lowest BCUT2D eigenvalue weighted by Crippen LogP contribution is -1.79. The Balaban J connectivity index is 2.63. The fourth-order valence-corrected chi connectivity index (χ4v) is 1.74. The minimum absolute atomic E-state index is 1.03. The summed E-state index contributed by atoms with van der Waals surface area (Å²) in [5, 5.41) is 2.08. The number of thioether (sulfide) groups is 1. The first-order chi connectivity index (χ1) is 5.83. The Kier molecular flexibility index (Phi) is 4.68. The van der Waals surface area contributed by atoms with Crippen LogP contribution in [0.5, 0.6) is 0 Å². The smallest absolute Gasteiger partial charge is 0.0637 e. The van der Waals surface area contributed by atoms with Crippen LogP contribution in [0, 0.1) is 6.92 Å². The number of nitrogens with zero attached hydrogens (tertiary/aromatic N) is 1. The lowest BCUT2D eigenvalue weighted by Gasteiger charge is -1.93. The molecule has 0 spiro atoms. The van der Waals surface area contributed by atoms with Crippen LogP contribution in [0.3, 0.4) is 0 Å². The molecule has 0 amide bonds. The number of pyridine rings is 1. The van der Waals surface area contributed by atoms with Crippen LogP contribution < -0.4 is 0 Å². The van der Waals surface area contributed by atoms with Crippen LogP contribution in [-0.2, 0) is 0 Å². The van der Waals surface area contributed by atoms with Gasteiger partial charge in [0.15, 0.2) is 0 Å². The minimum Gasteiger partial charge on any atom is -0.257 e. The summed E-state index contributed by atoms with van der Waals surface area (Å²) in [6.07, 6.45) is 3.88. The summed E-state index contributed by atoms with van der Waals surface area (Å²) in [7, 11) is 0. The molecule has 0 aliphatic heterocycles. The molecule has 3 heteroatoms. The van der Waals surface area contributed by atoms with E-state index in [0.29, 0.717) is 0 Å². The summed E-state index contributed by atoms with van der Waals surface area (Å²) >= 11 is 4.10. The van der Waals surface area contributed by atoms with Crippen molar-refractivity contribution in [1.82, 2.24) is 4.98 Å². The van der Waals surface area contributed by atoms with Gasteiger partial charge in [0.25, 0.3) is 0 Å². The number of halogens is 1. The molecule has 0 aliphatic carbocycles. The van der Waals surface area contributed by atoms with E-state index in [0.717, 1.165) is 9.45 Å². The third kappa shape index (κ3) is 3.58. The second-order valence-corrected chi connectivity index (χ2v) is 5.03. The van der Waals surface area contributed by atoms with Gasteiger partial charge in [0.2, 0.25) is 0 Å². The summed E-state index contributed by atoms with van der Waals surface area (Å²) < 4.78 is 1.08. The highest BCUT2D eigenvalue weighted by Gasteiger charge is 1.87. The molecule has 0 fully saturated rings. The van der Waals surface area contributed by atoms with Gasteiger partial charge in [-0.25, -0.2) is 0 Å². The van der Waals surface area contributed by atoms with Crippen molar-refractivity contribution in [2.75, 3.05) is 3.76 Å². The molecule has 0 saturated carbocycles. The van der Waals surface area contributed by atoms with Crippen molar-refractivity contribution in [3.63, 3.8) is 0 Å². The van der Waals surface area contributed by atoms with Gasteiger partial charge in [-0.05, 0) is 36.1 Å². The molecule has 0 N–H and O–H groups in total. The molecule has 0 atom stereocenters. The van der Waals surface area contributed by atoms with Gasteiger partial charge in [-0.1, -0.05) is 22.6 Å². The second kappa shape index (κ2) is 5.59. The van der Waals surface area contributed by atoms with Crippen molar-refractivity contribution < 1.29 is 0 Å². The standard InChI is InChI=1S/C9H10INS/c1-8-2-4-11-9(6-8)3-5-12-7-10/h2-6H,7H2,1H3/b5-3+. The number of alkyl halides is 1. The number of aryl methyl sites for hydroxylation is 1. The quantitative estimate of drug-likeness (QED) is 0.624. The van der Waals surface area contributed by atoms with E-state index in [4.69, 9.17) is 0 Å². The van der Waals surface area contributed by atoms with E-state index < -0.39 is 0 Å². The van der Waals surface area contributed by atoms with Crippen LogP contribution in [0.25, 0.3) is 6.08 Å². The van der Waals surface area contributed by atoms with Crippen LogP contribution in [0.15, 0.2) is 23.7 Å². The van der Waals surface area contributed by atoms with Gasteiger partial charge in [0.05, 0.1) is 5.69 Å². The van der Waals surface area contributed by atoms with Crippen molar-refractivity contribution in [2.45, 2.75) is 6.92 Å². The summed E-state index contributed by atoms with van der Waals surface area (Å²) in [4.78, 5) is 4.21. The normalized spacial score (nSPS) is 10.8. The Hall–Kier alpha value is -0.0300. The molecule has 1 heterocycles. The van der Waals surface area contributed by atoms with E-state index in [1.54, 1.807) is 11.8 Å². The van der Waals surface area contributed by atoms with Crippen molar-refractivity contribution in [3.8, 4) is 0 Å². The van der Waals surface area contributed by atoms with Crippen LogP contribution in [-0.4, -0.2) is 8.74 Å². The molecule has 0 aliphatic rings. The summed E-state index contributed by atoms with van der Waals surface area (Å²) in [6.45, 7) is 2.07. The predicted octanol–water partition coefficient (Wildman–Crippen LogP) is 3.49. The van der Waals surface area contributed by atoms with Gasteiger partial charge < -0.3 is 0 Å². The average molecular weight is 291 g/mol. The van der Waals surface area contributed by atoms with Crippen LogP contribution in [0.1, 0.15) is 11.3 Å². The Bertz CT molecular complexity index is 273. The largest absolute Gasteiger partial charge is 0.257 e. The maximum Gasteiger partial charge on any atom is 0.0637 e. The van der Waals surface area contributed by atoms with Gasteiger partial charge in [-0.2, -0.15) is 0 Å². The van der Waals surface area contributed by atoms with E-state index in [2.05, 4.69) is 46.0 Å². The molecule has 0 unspecified atom stereocenters. The molecule has 1 aromatic rings. The van der Waals surface area contributed by atoms with Crippen molar-refractivity contribution >= 4 is 40.4 Å². The topological polar surface area (TPSA) is 12.9 Å². The Labute approximate surface area is 90.8 Å². The fraction of sp³-hybridized carbons (Fsp3) is 0.222.